The molecule has 0 saturated carbocycles. The SMILES string of the molecule is CCN(CC)C(=O)c1sc(NC(=S)Nc2nc3cc(C)c(C)cc3s2)c(C(=O)OC)c1C. The molecule has 0 radical (unpaired) electrons. The number of carbonyl (C=O) groups is 2. The molecule has 32 heavy (non-hydrogen) atoms. The second-order valence-corrected chi connectivity index (χ2v) is 9.69. The highest BCUT2D eigenvalue weighted by Gasteiger charge is 2.27. The summed E-state index contributed by atoms with van der Waals surface area (Å²) in [4.78, 5) is 32.2. The molecule has 1 amide bonds. The molecule has 2 aromatic heterocycles. The average molecular weight is 491 g/mol. The van der Waals surface area contributed by atoms with Crippen LogP contribution in [-0.2, 0) is 4.74 Å². The lowest BCUT2D eigenvalue weighted by Crippen LogP contribution is -2.30. The lowest BCUT2D eigenvalue weighted by molar-refractivity contribution is 0.0601. The zero-order chi connectivity index (χ0) is 23.6. The number of hydrogen-bond acceptors (Lipinski definition) is 7. The number of nitrogens with zero attached hydrogens (tertiary/aromatic N) is 2. The Labute approximate surface area is 200 Å². The zero-order valence-electron chi connectivity index (χ0n) is 18.9. The van der Waals surface area contributed by atoms with Crippen molar-refractivity contribution in [1.82, 2.24) is 9.88 Å². The molecule has 3 aromatic rings. The van der Waals surface area contributed by atoms with Gasteiger partial charge in [-0.2, -0.15) is 0 Å². The van der Waals surface area contributed by atoms with Crippen LogP contribution in [0.1, 0.15) is 50.6 Å². The Hall–Kier alpha value is -2.56. The van der Waals surface area contributed by atoms with E-state index in [9.17, 15) is 9.59 Å². The third-order valence-electron chi connectivity index (χ3n) is 5.23. The second-order valence-electron chi connectivity index (χ2n) is 7.23. The summed E-state index contributed by atoms with van der Waals surface area (Å²) < 4.78 is 6.02. The van der Waals surface area contributed by atoms with E-state index in [2.05, 4.69) is 35.5 Å². The van der Waals surface area contributed by atoms with Gasteiger partial charge in [0.25, 0.3) is 5.91 Å². The molecule has 2 heterocycles. The molecular weight excluding hydrogens is 464 g/mol. The predicted molar refractivity (Wildman–Crippen MR) is 137 cm³/mol. The van der Waals surface area contributed by atoms with Crippen LogP contribution >= 0.6 is 34.9 Å². The van der Waals surface area contributed by atoms with Gasteiger partial charge < -0.3 is 20.3 Å². The molecule has 0 fully saturated rings. The van der Waals surface area contributed by atoms with Gasteiger partial charge in [0.1, 0.15) is 5.00 Å². The Bertz CT molecular complexity index is 1160. The van der Waals surface area contributed by atoms with Crippen LogP contribution < -0.4 is 10.6 Å². The minimum atomic E-state index is -0.520. The van der Waals surface area contributed by atoms with Gasteiger partial charge in [0.05, 0.1) is 27.8 Å². The Balaban J connectivity index is 1.88. The molecule has 170 valence electrons. The van der Waals surface area contributed by atoms with Crippen LogP contribution in [0, 0.1) is 20.8 Å². The number of aromatic nitrogens is 1. The first-order chi connectivity index (χ1) is 15.2. The molecule has 1 aromatic carbocycles. The molecule has 0 aliphatic rings. The highest BCUT2D eigenvalue weighted by Crippen LogP contribution is 2.35. The lowest BCUT2D eigenvalue weighted by atomic mass is 10.1. The van der Waals surface area contributed by atoms with Crippen LogP contribution in [-0.4, -0.2) is 47.1 Å². The van der Waals surface area contributed by atoms with Gasteiger partial charge in [-0.25, -0.2) is 9.78 Å². The number of esters is 1. The first-order valence-electron chi connectivity index (χ1n) is 10.2. The third kappa shape index (κ3) is 4.77. The Morgan fingerprint density at radius 1 is 1.09 bits per heavy atom. The molecule has 0 atom stereocenters. The van der Waals surface area contributed by atoms with E-state index in [0.29, 0.717) is 39.2 Å². The fourth-order valence-electron chi connectivity index (χ4n) is 3.27. The monoisotopic (exact) mass is 490 g/mol. The minimum Gasteiger partial charge on any atom is -0.465 e. The van der Waals surface area contributed by atoms with Crippen LogP contribution in [0.25, 0.3) is 10.2 Å². The van der Waals surface area contributed by atoms with Crippen molar-refractivity contribution in [1.29, 1.82) is 0 Å². The molecule has 0 saturated heterocycles. The molecule has 0 spiro atoms. The number of carbonyl (C=O) groups excluding carboxylic acids is 2. The van der Waals surface area contributed by atoms with Gasteiger partial charge in [-0.15, -0.1) is 11.3 Å². The summed E-state index contributed by atoms with van der Waals surface area (Å²) in [6.07, 6.45) is 0. The molecule has 10 heteroatoms. The number of methoxy groups -OCH3 is 1. The van der Waals surface area contributed by atoms with Crippen molar-refractivity contribution < 1.29 is 14.3 Å². The van der Waals surface area contributed by atoms with Gasteiger partial charge in [-0.1, -0.05) is 11.3 Å². The third-order valence-corrected chi connectivity index (χ3v) is 7.57. The van der Waals surface area contributed by atoms with Crippen molar-refractivity contribution in [3.05, 3.63) is 39.3 Å². The maximum atomic E-state index is 12.9. The van der Waals surface area contributed by atoms with Gasteiger partial charge in [-0.05, 0) is 75.7 Å². The van der Waals surface area contributed by atoms with Gasteiger partial charge in [0.2, 0.25) is 0 Å². The maximum absolute atomic E-state index is 12.9. The average Bonchev–Trinajstić information content (AvgIpc) is 3.27. The smallest absolute Gasteiger partial charge is 0.341 e. The number of benzene rings is 1. The summed E-state index contributed by atoms with van der Waals surface area (Å²) >= 11 is 8.17. The quantitative estimate of drug-likeness (QED) is 0.355. The van der Waals surface area contributed by atoms with Gasteiger partial charge in [0, 0.05) is 13.1 Å². The number of fused-ring (bicyclic) bond motifs is 1. The summed E-state index contributed by atoms with van der Waals surface area (Å²) in [5.74, 6) is -0.639. The van der Waals surface area contributed by atoms with E-state index >= 15 is 0 Å². The molecule has 0 bridgehead atoms. The highest BCUT2D eigenvalue weighted by molar-refractivity contribution is 7.80. The number of ether oxygens (including phenoxy) is 1. The topological polar surface area (TPSA) is 83.6 Å². The Morgan fingerprint density at radius 2 is 1.75 bits per heavy atom. The summed E-state index contributed by atoms with van der Waals surface area (Å²) in [5.41, 5.74) is 4.17. The van der Waals surface area contributed by atoms with E-state index in [4.69, 9.17) is 17.0 Å². The molecule has 7 nitrogen and oxygen atoms in total. The fraction of sp³-hybridized carbons (Fsp3) is 0.364. The van der Waals surface area contributed by atoms with Crippen molar-refractivity contribution in [2.75, 3.05) is 30.8 Å². The largest absolute Gasteiger partial charge is 0.465 e. The molecule has 0 aliphatic heterocycles. The highest BCUT2D eigenvalue weighted by atomic mass is 32.1. The predicted octanol–water partition coefficient (Wildman–Crippen LogP) is 5.36. The first-order valence-corrected chi connectivity index (χ1v) is 12.2. The summed E-state index contributed by atoms with van der Waals surface area (Å²) in [5, 5.41) is 7.56. The van der Waals surface area contributed by atoms with E-state index in [-0.39, 0.29) is 11.0 Å². The van der Waals surface area contributed by atoms with Crippen LogP contribution in [0.2, 0.25) is 0 Å². The van der Waals surface area contributed by atoms with Gasteiger partial charge >= 0.3 is 5.97 Å². The van der Waals surface area contributed by atoms with E-state index in [1.165, 1.54) is 40.9 Å². The molecular formula is C22H26N4O3S3. The Kier molecular flexibility index (Phi) is 7.47. The van der Waals surface area contributed by atoms with Crippen molar-refractivity contribution in [2.45, 2.75) is 34.6 Å². The number of hydrogen-bond donors (Lipinski definition) is 2. The lowest BCUT2D eigenvalue weighted by Gasteiger charge is -2.17. The van der Waals surface area contributed by atoms with Gasteiger partial charge in [-0.3, -0.25) is 4.79 Å². The number of amides is 1. The standard InChI is InChI=1S/C22H26N4O3S3/c1-7-26(8-2)19(27)17-13(5)16(20(28)29-6)18(32-17)24-21(30)25-22-23-14-9-11(3)12(4)10-15(14)31-22/h9-10H,7-8H2,1-6H3,(H2,23,24,25,30). The zero-order valence-corrected chi connectivity index (χ0v) is 21.4. The number of thiophene rings is 1. The summed E-state index contributed by atoms with van der Waals surface area (Å²) in [6.45, 7) is 10.9. The van der Waals surface area contributed by atoms with Crippen LogP contribution in [0.15, 0.2) is 12.1 Å². The van der Waals surface area contributed by atoms with Gasteiger partial charge in [0.15, 0.2) is 10.2 Å². The maximum Gasteiger partial charge on any atom is 0.341 e. The number of anilines is 2. The normalized spacial score (nSPS) is 10.8. The number of thiazole rings is 1. The second kappa shape index (κ2) is 9.93. The van der Waals surface area contributed by atoms with E-state index in [1.54, 1.807) is 11.8 Å². The summed E-state index contributed by atoms with van der Waals surface area (Å²) in [6, 6.07) is 4.15. The van der Waals surface area contributed by atoms with Crippen molar-refractivity contribution in [2.24, 2.45) is 0 Å². The van der Waals surface area contributed by atoms with Crippen LogP contribution in [0.3, 0.4) is 0 Å². The number of rotatable bonds is 6. The first kappa shape index (κ1) is 24.1. The number of thiocarbonyl (C=S) groups is 1. The van der Waals surface area contributed by atoms with Crippen LogP contribution in [0.5, 0.6) is 0 Å². The van der Waals surface area contributed by atoms with Crippen molar-refractivity contribution in [3.8, 4) is 0 Å². The van der Waals surface area contributed by atoms with E-state index in [1.807, 2.05) is 19.9 Å². The fourth-order valence-corrected chi connectivity index (χ4v) is 5.72. The minimum absolute atomic E-state index is 0.119. The Morgan fingerprint density at radius 3 is 2.38 bits per heavy atom. The summed E-state index contributed by atoms with van der Waals surface area (Å²) in [7, 11) is 1.32. The molecule has 0 aliphatic carbocycles. The van der Waals surface area contributed by atoms with Crippen molar-refractivity contribution >= 4 is 72.2 Å². The molecule has 3 rings (SSSR count). The van der Waals surface area contributed by atoms with E-state index in [0.717, 1.165) is 10.2 Å². The number of nitrogens with one attached hydrogen (secondary N) is 2. The number of aryl methyl sites for hydroxylation is 2. The van der Waals surface area contributed by atoms with Crippen LogP contribution in [0.4, 0.5) is 10.1 Å². The molecule has 2 N–H and O–H groups in total. The van der Waals surface area contributed by atoms with Crippen molar-refractivity contribution in [3.63, 3.8) is 0 Å². The van der Waals surface area contributed by atoms with E-state index < -0.39 is 5.97 Å². The molecule has 0 unspecified atom stereocenters.